The van der Waals surface area contributed by atoms with E-state index >= 15 is 0 Å². The standard InChI is InChI=1S/C14H25N3O3/c1-4-18-9-10(2)15-13(12-5-7-19-8-6-12)14-16-11(3)17-20-14/h10,12-13,15H,4-9H2,1-3H3. The molecule has 1 aliphatic rings. The zero-order chi connectivity index (χ0) is 14.4. The summed E-state index contributed by atoms with van der Waals surface area (Å²) in [7, 11) is 0. The minimum absolute atomic E-state index is 0.0792. The molecule has 2 unspecified atom stereocenters. The van der Waals surface area contributed by atoms with Gasteiger partial charge >= 0.3 is 0 Å². The molecule has 0 radical (unpaired) electrons. The highest BCUT2D eigenvalue weighted by atomic mass is 16.5. The minimum Gasteiger partial charge on any atom is -0.381 e. The van der Waals surface area contributed by atoms with Crippen LogP contribution in [0.1, 0.15) is 44.4 Å². The number of rotatable bonds is 7. The summed E-state index contributed by atoms with van der Waals surface area (Å²) in [6.45, 7) is 8.98. The summed E-state index contributed by atoms with van der Waals surface area (Å²) >= 11 is 0. The second-order valence-electron chi connectivity index (χ2n) is 5.33. The molecule has 1 N–H and O–H groups in total. The van der Waals surface area contributed by atoms with Gasteiger partial charge in [0.1, 0.15) is 0 Å². The average Bonchev–Trinajstić information content (AvgIpc) is 2.90. The van der Waals surface area contributed by atoms with Crippen LogP contribution >= 0.6 is 0 Å². The van der Waals surface area contributed by atoms with E-state index in [1.165, 1.54) is 0 Å². The SMILES string of the molecule is CCOCC(C)NC(c1nc(C)no1)C1CCOCC1. The monoisotopic (exact) mass is 283 g/mol. The summed E-state index contributed by atoms with van der Waals surface area (Å²) in [4.78, 5) is 4.40. The zero-order valence-electron chi connectivity index (χ0n) is 12.6. The molecule has 1 aliphatic heterocycles. The molecule has 0 saturated carbocycles. The highest BCUT2D eigenvalue weighted by molar-refractivity contribution is 4.96. The van der Waals surface area contributed by atoms with Crippen LogP contribution in [-0.2, 0) is 9.47 Å². The molecule has 6 heteroatoms. The molecule has 20 heavy (non-hydrogen) atoms. The van der Waals surface area contributed by atoms with Gasteiger partial charge in [-0.05, 0) is 39.5 Å². The van der Waals surface area contributed by atoms with Gasteiger partial charge < -0.3 is 19.3 Å². The van der Waals surface area contributed by atoms with Gasteiger partial charge in [0.15, 0.2) is 5.82 Å². The Hall–Kier alpha value is -0.980. The summed E-state index contributed by atoms with van der Waals surface area (Å²) in [6, 6.07) is 0.325. The Balaban J connectivity index is 2.03. The van der Waals surface area contributed by atoms with Crippen LogP contribution in [0.15, 0.2) is 4.52 Å². The fraction of sp³-hybridized carbons (Fsp3) is 0.857. The maximum Gasteiger partial charge on any atom is 0.244 e. The summed E-state index contributed by atoms with van der Waals surface area (Å²) in [5.74, 6) is 1.82. The summed E-state index contributed by atoms with van der Waals surface area (Å²) in [5, 5.41) is 7.49. The Bertz CT molecular complexity index is 391. The first-order valence-corrected chi connectivity index (χ1v) is 7.42. The molecule has 114 valence electrons. The number of nitrogens with zero attached hydrogens (tertiary/aromatic N) is 2. The normalized spacial score (nSPS) is 19.9. The fourth-order valence-corrected chi connectivity index (χ4v) is 2.55. The van der Waals surface area contributed by atoms with Crippen molar-refractivity contribution in [3.05, 3.63) is 11.7 Å². The van der Waals surface area contributed by atoms with Gasteiger partial charge in [-0.2, -0.15) is 4.98 Å². The quantitative estimate of drug-likeness (QED) is 0.823. The van der Waals surface area contributed by atoms with Crippen LogP contribution in [0.3, 0.4) is 0 Å². The molecule has 1 aromatic rings. The van der Waals surface area contributed by atoms with Crippen molar-refractivity contribution in [3.8, 4) is 0 Å². The van der Waals surface area contributed by atoms with Gasteiger partial charge in [0.2, 0.25) is 5.89 Å². The second kappa shape index (κ2) is 7.71. The molecule has 1 fully saturated rings. The van der Waals surface area contributed by atoms with E-state index < -0.39 is 0 Å². The average molecular weight is 283 g/mol. The van der Waals surface area contributed by atoms with Crippen molar-refractivity contribution in [2.24, 2.45) is 5.92 Å². The number of nitrogens with one attached hydrogen (secondary N) is 1. The molecule has 2 heterocycles. The number of aryl methyl sites for hydroxylation is 1. The van der Waals surface area contributed by atoms with Crippen LogP contribution in [0.2, 0.25) is 0 Å². The maximum absolute atomic E-state index is 5.47. The number of hydrogen-bond donors (Lipinski definition) is 1. The molecule has 1 saturated heterocycles. The molecule has 0 spiro atoms. The lowest BCUT2D eigenvalue weighted by atomic mass is 9.91. The van der Waals surface area contributed by atoms with Crippen molar-refractivity contribution in [1.29, 1.82) is 0 Å². The topological polar surface area (TPSA) is 69.4 Å². The highest BCUT2D eigenvalue weighted by Gasteiger charge is 2.30. The van der Waals surface area contributed by atoms with E-state index in [-0.39, 0.29) is 12.1 Å². The second-order valence-corrected chi connectivity index (χ2v) is 5.33. The van der Waals surface area contributed by atoms with Crippen molar-refractivity contribution >= 4 is 0 Å². The molecule has 6 nitrogen and oxygen atoms in total. The predicted molar refractivity (Wildman–Crippen MR) is 74.4 cm³/mol. The van der Waals surface area contributed by atoms with Gasteiger partial charge in [0.05, 0.1) is 12.6 Å². The summed E-state index contributed by atoms with van der Waals surface area (Å²) in [5.41, 5.74) is 0. The smallest absolute Gasteiger partial charge is 0.244 e. The first-order chi connectivity index (χ1) is 9.70. The van der Waals surface area contributed by atoms with Gasteiger partial charge in [0, 0.05) is 25.9 Å². The lowest BCUT2D eigenvalue weighted by Crippen LogP contribution is -2.39. The van der Waals surface area contributed by atoms with E-state index in [2.05, 4.69) is 22.4 Å². The molecule has 2 atom stereocenters. The third kappa shape index (κ3) is 4.26. The third-order valence-corrected chi connectivity index (χ3v) is 3.58. The van der Waals surface area contributed by atoms with Crippen LogP contribution in [0.4, 0.5) is 0 Å². The van der Waals surface area contributed by atoms with Crippen LogP contribution in [0.25, 0.3) is 0 Å². The van der Waals surface area contributed by atoms with Gasteiger partial charge in [-0.15, -0.1) is 0 Å². The molecule has 0 aliphatic carbocycles. The van der Waals surface area contributed by atoms with E-state index in [4.69, 9.17) is 14.0 Å². The number of hydrogen-bond acceptors (Lipinski definition) is 6. The molecule has 1 aromatic heterocycles. The van der Waals surface area contributed by atoms with Gasteiger partial charge in [-0.3, -0.25) is 0 Å². The lowest BCUT2D eigenvalue weighted by molar-refractivity contribution is 0.0428. The first-order valence-electron chi connectivity index (χ1n) is 7.42. The summed E-state index contributed by atoms with van der Waals surface area (Å²) in [6.07, 6.45) is 2.03. The molecular weight excluding hydrogens is 258 g/mol. The van der Waals surface area contributed by atoms with Crippen LogP contribution in [-0.4, -0.2) is 42.6 Å². The molecule has 2 rings (SSSR count). The molecule has 0 bridgehead atoms. The molecule has 0 aromatic carbocycles. The Kier molecular flexibility index (Phi) is 5.94. The van der Waals surface area contributed by atoms with Crippen molar-refractivity contribution in [1.82, 2.24) is 15.5 Å². The Labute approximate surface area is 120 Å². The Morgan fingerprint density at radius 1 is 1.40 bits per heavy atom. The van der Waals surface area contributed by atoms with Gasteiger partial charge in [-0.25, -0.2) is 0 Å². The predicted octanol–water partition coefficient (Wildman–Crippen LogP) is 1.86. The number of aromatic nitrogens is 2. The van der Waals surface area contributed by atoms with Crippen LogP contribution in [0, 0.1) is 12.8 Å². The zero-order valence-corrected chi connectivity index (χ0v) is 12.6. The van der Waals surface area contributed by atoms with E-state index in [0.717, 1.165) is 32.7 Å². The van der Waals surface area contributed by atoms with E-state index in [1.807, 2.05) is 13.8 Å². The highest BCUT2D eigenvalue weighted by Crippen LogP contribution is 2.29. The Morgan fingerprint density at radius 2 is 2.15 bits per heavy atom. The van der Waals surface area contributed by atoms with E-state index in [1.54, 1.807) is 0 Å². The Morgan fingerprint density at radius 3 is 2.75 bits per heavy atom. The number of ether oxygens (including phenoxy) is 2. The van der Waals surface area contributed by atoms with Crippen molar-refractivity contribution < 1.29 is 14.0 Å². The maximum atomic E-state index is 5.47. The molecular formula is C14H25N3O3. The molecule has 0 amide bonds. The lowest BCUT2D eigenvalue weighted by Gasteiger charge is -2.30. The van der Waals surface area contributed by atoms with E-state index in [9.17, 15) is 0 Å². The van der Waals surface area contributed by atoms with Crippen molar-refractivity contribution in [2.45, 2.75) is 45.7 Å². The van der Waals surface area contributed by atoms with Crippen molar-refractivity contribution in [3.63, 3.8) is 0 Å². The van der Waals surface area contributed by atoms with Crippen LogP contribution < -0.4 is 5.32 Å². The summed E-state index contributed by atoms with van der Waals surface area (Å²) < 4.78 is 16.3. The largest absolute Gasteiger partial charge is 0.381 e. The van der Waals surface area contributed by atoms with Gasteiger partial charge in [0.25, 0.3) is 0 Å². The first kappa shape index (κ1) is 15.4. The third-order valence-electron chi connectivity index (χ3n) is 3.58. The van der Waals surface area contributed by atoms with Gasteiger partial charge in [-0.1, -0.05) is 5.16 Å². The minimum atomic E-state index is 0.0792. The van der Waals surface area contributed by atoms with Crippen LogP contribution in [0.5, 0.6) is 0 Å². The van der Waals surface area contributed by atoms with E-state index in [0.29, 0.717) is 24.2 Å². The fourth-order valence-electron chi connectivity index (χ4n) is 2.55. The van der Waals surface area contributed by atoms with Crippen molar-refractivity contribution in [2.75, 3.05) is 26.4 Å².